The van der Waals surface area contributed by atoms with Crippen molar-refractivity contribution < 1.29 is 24.2 Å². The molecule has 1 aliphatic heterocycles. The zero-order valence-corrected chi connectivity index (χ0v) is 13.6. The number of carbonyl (C=O) groups is 2. The van der Waals surface area contributed by atoms with Crippen molar-refractivity contribution in [1.29, 1.82) is 0 Å². The van der Waals surface area contributed by atoms with Gasteiger partial charge < -0.3 is 24.9 Å². The number of aromatic amines is 1. The summed E-state index contributed by atoms with van der Waals surface area (Å²) < 4.78 is 10.6. The molecule has 1 amide bonds. The molecular formula is C16H19N3O5. The van der Waals surface area contributed by atoms with Crippen LogP contribution in [0.15, 0.2) is 18.5 Å². The molecule has 0 saturated carbocycles. The number of hydrogen-bond donors (Lipinski definition) is 3. The Morgan fingerprint density at radius 3 is 2.46 bits per heavy atom. The molecule has 3 N–H and O–H groups in total. The minimum absolute atomic E-state index is 0.0258. The molecule has 1 aromatic carbocycles. The van der Waals surface area contributed by atoms with E-state index < -0.39 is 0 Å². The number of carboxylic acid groups (broad SMARTS) is 1. The molecule has 1 aromatic heterocycles. The molecule has 0 spiro atoms. The Morgan fingerprint density at radius 2 is 1.92 bits per heavy atom. The third kappa shape index (κ3) is 3.32. The van der Waals surface area contributed by atoms with Crippen molar-refractivity contribution >= 4 is 18.1 Å². The van der Waals surface area contributed by atoms with Crippen molar-refractivity contribution in [3.05, 3.63) is 35.4 Å². The van der Waals surface area contributed by atoms with Crippen LogP contribution in [-0.4, -0.2) is 41.7 Å². The minimum atomic E-state index is -0.250. The Hall–Kier alpha value is -3.03. The molecule has 1 atom stereocenters. The Labute approximate surface area is 138 Å². The number of imidazole rings is 1. The number of aromatic nitrogens is 2. The molecule has 128 valence electrons. The lowest BCUT2D eigenvalue weighted by Gasteiger charge is -2.26. The molecule has 0 fully saturated rings. The van der Waals surface area contributed by atoms with Gasteiger partial charge >= 0.3 is 0 Å². The zero-order valence-electron chi connectivity index (χ0n) is 13.6. The summed E-state index contributed by atoms with van der Waals surface area (Å²) in [5.74, 6) is 1.13. The number of nitrogens with one attached hydrogen (secondary N) is 2. The molecule has 0 radical (unpaired) electrons. The molecule has 8 nitrogen and oxygen atoms in total. The highest BCUT2D eigenvalue weighted by molar-refractivity contribution is 5.95. The molecule has 1 aliphatic rings. The van der Waals surface area contributed by atoms with Crippen LogP contribution < -0.4 is 14.8 Å². The number of amides is 1. The minimum Gasteiger partial charge on any atom is -0.493 e. The standard InChI is InChI=1S/C15H17N3O3.CH2O2/c1-8-15(17-7-16-8)10-5-14(19)18-11-6-13(21-3)12(20-2)4-9(10)11;2-1-3/h4,6-7,10H,5H2,1-3H3,(H,16,17)(H,18,19);1H,(H,2,3). The highest BCUT2D eigenvalue weighted by Gasteiger charge is 2.30. The molecule has 0 aliphatic carbocycles. The SMILES string of the molecule is COc1cc2c(cc1OC)C(c1nc[nH]c1C)CC(=O)N2.O=CO. The second-order valence-electron chi connectivity index (χ2n) is 5.12. The fourth-order valence-corrected chi connectivity index (χ4v) is 2.75. The molecule has 3 rings (SSSR count). The quantitative estimate of drug-likeness (QED) is 0.739. The lowest BCUT2D eigenvalue weighted by atomic mass is 9.87. The molecule has 0 saturated heterocycles. The Balaban J connectivity index is 0.000000647. The van der Waals surface area contributed by atoms with Crippen LogP contribution in [0.25, 0.3) is 0 Å². The number of carbonyl (C=O) groups excluding carboxylic acids is 1. The van der Waals surface area contributed by atoms with Crippen LogP contribution in [0.1, 0.15) is 29.3 Å². The van der Waals surface area contributed by atoms with Crippen molar-refractivity contribution in [3.63, 3.8) is 0 Å². The lowest BCUT2D eigenvalue weighted by molar-refractivity contribution is -0.123. The summed E-state index contributed by atoms with van der Waals surface area (Å²) in [7, 11) is 3.17. The van der Waals surface area contributed by atoms with Crippen molar-refractivity contribution in [3.8, 4) is 11.5 Å². The molecule has 2 aromatic rings. The molecule has 2 heterocycles. The maximum Gasteiger partial charge on any atom is 0.290 e. The first-order valence-corrected chi connectivity index (χ1v) is 7.19. The number of ether oxygens (including phenoxy) is 2. The van der Waals surface area contributed by atoms with Gasteiger partial charge in [-0.2, -0.15) is 0 Å². The van der Waals surface area contributed by atoms with Crippen molar-refractivity contribution in [2.75, 3.05) is 19.5 Å². The summed E-state index contributed by atoms with van der Waals surface area (Å²) in [6.45, 7) is 1.70. The number of benzene rings is 1. The van der Waals surface area contributed by atoms with Crippen LogP contribution in [0.2, 0.25) is 0 Å². The van der Waals surface area contributed by atoms with E-state index in [1.165, 1.54) is 0 Å². The molecule has 24 heavy (non-hydrogen) atoms. The molecule has 0 bridgehead atoms. The normalized spacial score (nSPS) is 15.5. The highest BCUT2D eigenvalue weighted by atomic mass is 16.5. The number of nitrogens with zero attached hydrogens (tertiary/aromatic N) is 1. The summed E-state index contributed by atoms with van der Waals surface area (Å²) >= 11 is 0. The summed E-state index contributed by atoms with van der Waals surface area (Å²) in [5, 5.41) is 9.77. The third-order valence-electron chi connectivity index (χ3n) is 3.79. The van der Waals surface area contributed by atoms with E-state index in [1.807, 2.05) is 13.0 Å². The predicted octanol–water partition coefficient (Wildman–Crippen LogP) is 1.91. The van der Waals surface area contributed by atoms with Gasteiger partial charge in [0.05, 0.1) is 26.2 Å². The van der Waals surface area contributed by atoms with Gasteiger partial charge in [0.2, 0.25) is 5.91 Å². The smallest absolute Gasteiger partial charge is 0.290 e. The van der Waals surface area contributed by atoms with Gasteiger partial charge in [-0.05, 0) is 18.6 Å². The maximum atomic E-state index is 12.0. The lowest BCUT2D eigenvalue weighted by Crippen LogP contribution is -2.24. The molecule has 1 unspecified atom stereocenters. The fraction of sp³-hybridized carbons (Fsp3) is 0.312. The van der Waals surface area contributed by atoms with Crippen LogP contribution in [0.3, 0.4) is 0 Å². The Kier molecular flexibility index (Phi) is 5.41. The largest absolute Gasteiger partial charge is 0.493 e. The number of fused-ring (bicyclic) bond motifs is 1. The summed E-state index contributed by atoms with van der Waals surface area (Å²) in [4.78, 5) is 27.8. The number of anilines is 1. The predicted molar refractivity (Wildman–Crippen MR) is 86.7 cm³/mol. The van der Waals surface area contributed by atoms with Gasteiger partial charge in [-0.25, -0.2) is 4.98 Å². The average molecular weight is 333 g/mol. The van der Waals surface area contributed by atoms with Crippen molar-refractivity contribution in [2.24, 2.45) is 0 Å². The van der Waals surface area contributed by atoms with Crippen LogP contribution >= 0.6 is 0 Å². The van der Waals surface area contributed by atoms with E-state index in [-0.39, 0.29) is 18.3 Å². The first-order valence-electron chi connectivity index (χ1n) is 7.19. The van der Waals surface area contributed by atoms with Crippen molar-refractivity contribution in [1.82, 2.24) is 9.97 Å². The Bertz CT molecular complexity index is 741. The molecular weight excluding hydrogens is 314 g/mol. The van der Waals surface area contributed by atoms with Gasteiger partial charge in [0.15, 0.2) is 11.5 Å². The van der Waals surface area contributed by atoms with E-state index in [2.05, 4.69) is 15.3 Å². The maximum absolute atomic E-state index is 12.0. The number of aryl methyl sites for hydroxylation is 1. The number of methoxy groups -OCH3 is 2. The Morgan fingerprint density at radius 1 is 1.29 bits per heavy atom. The fourth-order valence-electron chi connectivity index (χ4n) is 2.75. The van der Waals surface area contributed by atoms with E-state index in [1.54, 1.807) is 26.6 Å². The van der Waals surface area contributed by atoms with Gasteiger partial charge in [0.25, 0.3) is 6.47 Å². The van der Waals surface area contributed by atoms with Crippen LogP contribution in [0.5, 0.6) is 11.5 Å². The number of H-pyrrole nitrogens is 1. The molecule has 8 heteroatoms. The van der Waals surface area contributed by atoms with Gasteiger partial charge in [0.1, 0.15) is 0 Å². The summed E-state index contributed by atoms with van der Waals surface area (Å²) in [6, 6.07) is 3.70. The van der Waals surface area contributed by atoms with E-state index in [4.69, 9.17) is 19.4 Å². The van der Waals surface area contributed by atoms with Crippen LogP contribution in [-0.2, 0) is 9.59 Å². The second kappa shape index (κ2) is 7.49. The summed E-state index contributed by atoms with van der Waals surface area (Å²) in [6.07, 6.45) is 2.02. The monoisotopic (exact) mass is 333 g/mol. The third-order valence-corrected chi connectivity index (χ3v) is 3.79. The van der Waals surface area contributed by atoms with Crippen LogP contribution in [0, 0.1) is 6.92 Å². The van der Waals surface area contributed by atoms with E-state index >= 15 is 0 Å². The van der Waals surface area contributed by atoms with Gasteiger partial charge in [-0.3, -0.25) is 9.59 Å². The first-order chi connectivity index (χ1) is 11.5. The van der Waals surface area contributed by atoms with Crippen LogP contribution in [0.4, 0.5) is 5.69 Å². The van der Waals surface area contributed by atoms with E-state index in [9.17, 15) is 4.79 Å². The first kappa shape index (κ1) is 17.3. The summed E-state index contributed by atoms with van der Waals surface area (Å²) in [5.41, 5.74) is 3.59. The van der Waals surface area contributed by atoms with Gasteiger partial charge in [-0.1, -0.05) is 0 Å². The van der Waals surface area contributed by atoms with E-state index in [0.717, 1.165) is 22.6 Å². The van der Waals surface area contributed by atoms with Gasteiger partial charge in [0, 0.05) is 29.8 Å². The average Bonchev–Trinajstić information content (AvgIpc) is 2.99. The van der Waals surface area contributed by atoms with E-state index in [0.29, 0.717) is 17.9 Å². The van der Waals surface area contributed by atoms with Crippen molar-refractivity contribution in [2.45, 2.75) is 19.3 Å². The zero-order chi connectivity index (χ0) is 17.7. The highest BCUT2D eigenvalue weighted by Crippen LogP contribution is 2.42. The topological polar surface area (TPSA) is 114 Å². The number of hydrogen-bond acceptors (Lipinski definition) is 5. The van der Waals surface area contributed by atoms with Gasteiger partial charge in [-0.15, -0.1) is 0 Å². The second-order valence-corrected chi connectivity index (χ2v) is 5.12. The number of rotatable bonds is 3.